The number of primary amides is 1. The Kier molecular flexibility index (Phi) is 6.01. The minimum Gasteiger partial charge on any atom is -0.351 e. The maximum atomic E-state index is 12.7. The van der Waals surface area contributed by atoms with Crippen molar-refractivity contribution in [2.75, 3.05) is 31.5 Å². The Hall–Kier alpha value is -2.13. The molecule has 2 heterocycles. The van der Waals surface area contributed by atoms with Crippen molar-refractivity contribution in [2.45, 2.75) is 37.0 Å². The van der Waals surface area contributed by atoms with E-state index in [2.05, 4.69) is 5.32 Å². The van der Waals surface area contributed by atoms with E-state index >= 15 is 0 Å². The average Bonchev–Trinajstić information content (AvgIpc) is 2.69. The number of hydrogen-bond acceptors (Lipinski definition) is 4. The molecule has 0 saturated carbocycles. The number of amides is 3. The summed E-state index contributed by atoms with van der Waals surface area (Å²) in [7, 11) is -3.48. The Labute approximate surface area is 159 Å². The molecular weight excluding hydrogens is 368 g/mol. The Balaban J connectivity index is 1.63. The summed E-state index contributed by atoms with van der Waals surface area (Å²) >= 11 is 0. The van der Waals surface area contributed by atoms with Gasteiger partial charge in [0.2, 0.25) is 15.9 Å². The van der Waals surface area contributed by atoms with Crippen LogP contribution in [0, 0.1) is 5.92 Å². The number of nitrogens with zero attached hydrogens (tertiary/aromatic N) is 2. The highest BCUT2D eigenvalue weighted by molar-refractivity contribution is 7.89. The van der Waals surface area contributed by atoms with Crippen molar-refractivity contribution in [1.82, 2.24) is 9.21 Å². The number of anilines is 1. The first-order valence-corrected chi connectivity index (χ1v) is 10.8. The average molecular weight is 394 g/mol. The lowest BCUT2D eigenvalue weighted by Crippen LogP contribution is -2.46. The van der Waals surface area contributed by atoms with Gasteiger partial charge in [-0.05, 0) is 49.9 Å². The van der Waals surface area contributed by atoms with Crippen molar-refractivity contribution in [3.63, 3.8) is 0 Å². The minimum absolute atomic E-state index is 0.187. The third-order valence-corrected chi connectivity index (χ3v) is 7.09. The van der Waals surface area contributed by atoms with E-state index in [0.29, 0.717) is 38.3 Å². The minimum atomic E-state index is -3.48. The van der Waals surface area contributed by atoms with E-state index in [1.807, 2.05) is 0 Å². The van der Waals surface area contributed by atoms with Gasteiger partial charge < -0.3 is 16.0 Å². The summed E-state index contributed by atoms with van der Waals surface area (Å²) in [5, 5.41) is 2.80. The van der Waals surface area contributed by atoms with Gasteiger partial charge in [-0.25, -0.2) is 13.2 Å². The van der Waals surface area contributed by atoms with Gasteiger partial charge in [0.15, 0.2) is 0 Å². The smallest absolute Gasteiger partial charge is 0.314 e. The zero-order valence-electron chi connectivity index (χ0n) is 15.3. The standard InChI is InChI=1S/C18H26N4O4S/c19-18(24)21-10-4-5-14(13-21)17(23)20-15-6-8-16(9-7-15)27(25,26)22-11-2-1-3-12-22/h6-9,14H,1-5,10-13H2,(H2,19,24)(H,20,23)/t14-/m0/s1. The van der Waals surface area contributed by atoms with Crippen LogP contribution in [0.15, 0.2) is 29.2 Å². The van der Waals surface area contributed by atoms with Crippen molar-refractivity contribution < 1.29 is 18.0 Å². The monoisotopic (exact) mass is 394 g/mol. The molecule has 0 aromatic heterocycles. The fourth-order valence-corrected chi connectivity index (χ4v) is 5.12. The molecule has 0 unspecified atom stereocenters. The maximum Gasteiger partial charge on any atom is 0.314 e. The van der Waals surface area contributed by atoms with Crippen molar-refractivity contribution in [3.8, 4) is 0 Å². The van der Waals surface area contributed by atoms with Gasteiger partial charge in [0.1, 0.15) is 0 Å². The molecule has 0 spiro atoms. The second-order valence-electron chi connectivity index (χ2n) is 7.10. The highest BCUT2D eigenvalue weighted by Crippen LogP contribution is 2.23. The molecule has 1 aromatic carbocycles. The lowest BCUT2D eigenvalue weighted by atomic mass is 9.97. The number of rotatable bonds is 4. The molecule has 3 N–H and O–H groups in total. The lowest BCUT2D eigenvalue weighted by molar-refractivity contribution is -0.121. The summed E-state index contributed by atoms with van der Waals surface area (Å²) in [6.07, 6.45) is 4.25. The largest absolute Gasteiger partial charge is 0.351 e. The van der Waals surface area contributed by atoms with Crippen molar-refractivity contribution in [1.29, 1.82) is 0 Å². The van der Waals surface area contributed by atoms with Gasteiger partial charge in [-0.15, -0.1) is 0 Å². The third-order valence-electron chi connectivity index (χ3n) is 5.18. The number of likely N-dealkylation sites (tertiary alicyclic amines) is 1. The third kappa shape index (κ3) is 4.59. The van der Waals surface area contributed by atoms with E-state index in [4.69, 9.17) is 5.73 Å². The molecule has 3 amide bonds. The molecule has 0 aliphatic carbocycles. The summed E-state index contributed by atoms with van der Waals surface area (Å²) < 4.78 is 26.8. The molecule has 3 rings (SSSR count). The highest BCUT2D eigenvalue weighted by atomic mass is 32.2. The molecule has 2 fully saturated rings. The molecule has 27 heavy (non-hydrogen) atoms. The fourth-order valence-electron chi connectivity index (χ4n) is 3.60. The van der Waals surface area contributed by atoms with Crippen LogP contribution in [0.1, 0.15) is 32.1 Å². The molecule has 1 atom stereocenters. The predicted octanol–water partition coefficient (Wildman–Crippen LogP) is 1.59. The van der Waals surface area contributed by atoms with Crippen LogP contribution in [0.2, 0.25) is 0 Å². The number of nitrogens with two attached hydrogens (primary N) is 1. The first kappa shape index (κ1) is 19.6. The summed E-state index contributed by atoms with van der Waals surface area (Å²) in [6.45, 7) is 1.99. The number of nitrogens with one attached hydrogen (secondary N) is 1. The van der Waals surface area contributed by atoms with Crippen LogP contribution in [0.3, 0.4) is 0 Å². The van der Waals surface area contributed by atoms with E-state index in [1.54, 1.807) is 12.1 Å². The van der Waals surface area contributed by atoms with Crippen LogP contribution in [-0.4, -0.2) is 55.7 Å². The normalized spacial score (nSPS) is 21.6. The van der Waals surface area contributed by atoms with E-state index in [9.17, 15) is 18.0 Å². The number of carbonyl (C=O) groups is 2. The van der Waals surface area contributed by atoms with E-state index < -0.39 is 16.1 Å². The Bertz CT molecular complexity index is 788. The maximum absolute atomic E-state index is 12.7. The molecule has 2 aliphatic heterocycles. The predicted molar refractivity (Wildman–Crippen MR) is 102 cm³/mol. The zero-order valence-corrected chi connectivity index (χ0v) is 16.1. The number of urea groups is 1. The molecule has 148 valence electrons. The van der Waals surface area contributed by atoms with Crippen LogP contribution in [0.5, 0.6) is 0 Å². The molecule has 9 heteroatoms. The quantitative estimate of drug-likeness (QED) is 0.807. The van der Waals surface area contributed by atoms with Gasteiger partial charge in [0.25, 0.3) is 0 Å². The molecule has 2 saturated heterocycles. The highest BCUT2D eigenvalue weighted by Gasteiger charge is 2.28. The van der Waals surface area contributed by atoms with Crippen molar-refractivity contribution in [3.05, 3.63) is 24.3 Å². The van der Waals surface area contributed by atoms with E-state index in [0.717, 1.165) is 25.7 Å². The van der Waals surface area contributed by atoms with Crippen molar-refractivity contribution >= 4 is 27.6 Å². The Morgan fingerprint density at radius 3 is 2.30 bits per heavy atom. The topological polar surface area (TPSA) is 113 Å². The van der Waals surface area contributed by atoms with Gasteiger partial charge >= 0.3 is 6.03 Å². The zero-order chi connectivity index (χ0) is 19.4. The molecule has 0 radical (unpaired) electrons. The number of piperidine rings is 2. The van der Waals surface area contributed by atoms with Crippen LogP contribution in [0.4, 0.5) is 10.5 Å². The summed E-state index contributed by atoms with van der Waals surface area (Å²) in [5.74, 6) is -0.504. The number of sulfonamides is 1. The number of benzene rings is 1. The van der Waals surface area contributed by atoms with Crippen LogP contribution in [-0.2, 0) is 14.8 Å². The second kappa shape index (κ2) is 8.26. The molecule has 0 bridgehead atoms. The summed E-state index contributed by atoms with van der Waals surface area (Å²) in [5.41, 5.74) is 5.83. The van der Waals surface area contributed by atoms with Crippen LogP contribution < -0.4 is 11.1 Å². The Morgan fingerprint density at radius 1 is 1.00 bits per heavy atom. The Morgan fingerprint density at radius 2 is 1.67 bits per heavy atom. The van der Waals surface area contributed by atoms with Gasteiger partial charge in [-0.2, -0.15) is 4.31 Å². The lowest BCUT2D eigenvalue weighted by Gasteiger charge is -2.30. The second-order valence-corrected chi connectivity index (χ2v) is 9.04. The molecular formula is C18H26N4O4S. The first-order valence-electron chi connectivity index (χ1n) is 9.33. The fraction of sp³-hybridized carbons (Fsp3) is 0.556. The van der Waals surface area contributed by atoms with E-state index in [-0.39, 0.29) is 16.7 Å². The van der Waals surface area contributed by atoms with E-state index in [1.165, 1.54) is 21.3 Å². The van der Waals surface area contributed by atoms with Gasteiger partial charge in [-0.1, -0.05) is 6.42 Å². The molecule has 8 nitrogen and oxygen atoms in total. The van der Waals surface area contributed by atoms with Crippen LogP contribution >= 0.6 is 0 Å². The molecule has 1 aromatic rings. The van der Waals surface area contributed by atoms with Crippen LogP contribution in [0.25, 0.3) is 0 Å². The van der Waals surface area contributed by atoms with Crippen molar-refractivity contribution in [2.24, 2.45) is 11.7 Å². The summed E-state index contributed by atoms with van der Waals surface area (Å²) in [4.78, 5) is 25.5. The number of carbonyl (C=O) groups excluding carboxylic acids is 2. The number of hydrogen-bond donors (Lipinski definition) is 2. The van der Waals surface area contributed by atoms with Gasteiger partial charge in [0.05, 0.1) is 10.8 Å². The first-order chi connectivity index (χ1) is 12.9. The van der Waals surface area contributed by atoms with Gasteiger partial charge in [-0.3, -0.25) is 4.79 Å². The SMILES string of the molecule is NC(=O)N1CCC[C@H](C(=O)Nc2ccc(S(=O)(=O)N3CCCCC3)cc2)C1. The summed E-state index contributed by atoms with van der Waals surface area (Å²) in [6, 6.07) is 5.73. The van der Waals surface area contributed by atoms with Gasteiger partial charge in [0, 0.05) is 31.9 Å². The molecule has 2 aliphatic rings.